The average molecular weight is 359 g/mol. The van der Waals surface area contributed by atoms with Crippen LogP contribution >= 0.6 is 0 Å². The molecule has 0 saturated heterocycles. The van der Waals surface area contributed by atoms with E-state index >= 15 is 0 Å². The van der Waals surface area contributed by atoms with E-state index in [0.29, 0.717) is 10.4 Å². The molecule has 27 heavy (non-hydrogen) atoms. The first-order chi connectivity index (χ1) is 13.1. The predicted molar refractivity (Wildman–Crippen MR) is 113 cm³/mol. The first-order valence-corrected chi connectivity index (χ1v) is 10.2. The minimum atomic E-state index is 0.494. The summed E-state index contributed by atoms with van der Waals surface area (Å²) >= 11 is 0. The van der Waals surface area contributed by atoms with Crippen LogP contribution in [0.25, 0.3) is 11.0 Å². The van der Waals surface area contributed by atoms with Gasteiger partial charge in [0.25, 0.3) is 0 Å². The third kappa shape index (κ3) is 2.71. The molecule has 0 amide bonds. The van der Waals surface area contributed by atoms with Crippen LogP contribution in [-0.4, -0.2) is 23.4 Å². The van der Waals surface area contributed by atoms with Crippen LogP contribution < -0.4 is 4.48 Å². The molecule has 2 aliphatic rings. The number of quaternary nitrogens is 1. The molecule has 0 spiro atoms. The van der Waals surface area contributed by atoms with E-state index in [1.807, 2.05) is 6.34 Å². The molecule has 1 aliphatic heterocycles. The molecular weight excluding hydrogens is 332 g/mol. The lowest BCUT2D eigenvalue weighted by molar-refractivity contribution is 0.595. The van der Waals surface area contributed by atoms with E-state index in [9.17, 15) is 0 Å². The highest BCUT2D eigenvalue weighted by Crippen LogP contribution is 2.43. The van der Waals surface area contributed by atoms with Gasteiger partial charge in [0, 0.05) is 6.07 Å². The van der Waals surface area contributed by atoms with Crippen LogP contribution in [0, 0.1) is 6.92 Å². The van der Waals surface area contributed by atoms with Gasteiger partial charge in [0.15, 0.2) is 5.69 Å². The molecule has 1 aromatic heterocycles. The second-order valence-electron chi connectivity index (χ2n) is 8.30. The van der Waals surface area contributed by atoms with Crippen molar-refractivity contribution in [3.8, 4) is 0 Å². The van der Waals surface area contributed by atoms with Crippen LogP contribution in [0.3, 0.4) is 0 Å². The lowest BCUT2D eigenvalue weighted by atomic mass is 9.91. The van der Waals surface area contributed by atoms with Crippen LogP contribution in [0.4, 0.5) is 17.3 Å². The lowest BCUT2D eigenvalue weighted by Crippen LogP contribution is -2.36. The molecule has 4 nitrogen and oxygen atoms in total. The molecule has 2 heterocycles. The van der Waals surface area contributed by atoms with Crippen molar-refractivity contribution in [2.45, 2.75) is 51.4 Å². The smallest absolute Gasteiger partial charge is 0.291 e. The van der Waals surface area contributed by atoms with Crippen molar-refractivity contribution < 1.29 is 0 Å². The Morgan fingerprint density at radius 2 is 1.85 bits per heavy atom. The summed E-state index contributed by atoms with van der Waals surface area (Å²) in [6, 6.07) is 13.1. The number of aromatic nitrogens is 2. The zero-order chi connectivity index (χ0) is 18.4. The average Bonchev–Trinajstić information content (AvgIpc) is 3.14. The lowest BCUT2D eigenvalue weighted by Gasteiger charge is -2.21. The molecule has 1 saturated carbocycles. The SMILES string of the molecule is Cc1ccc2c(c1)N=C[N+]2(C)c1nc2c(C3CCCCCC3)cccc2[nH]1. The number of nitrogens with one attached hydrogen (secondary N) is 1. The zero-order valence-corrected chi connectivity index (χ0v) is 16.2. The zero-order valence-electron chi connectivity index (χ0n) is 16.2. The van der Waals surface area contributed by atoms with E-state index in [1.165, 1.54) is 55.3 Å². The minimum absolute atomic E-state index is 0.494. The van der Waals surface area contributed by atoms with Crippen molar-refractivity contribution in [1.82, 2.24) is 14.5 Å². The Balaban J connectivity index is 1.60. The molecule has 0 bridgehead atoms. The fraction of sp³-hybridized carbons (Fsp3) is 0.391. The number of benzene rings is 2. The maximum atomic E-state index is 5.12. The Morgan fingerprint density at radius 3 is 2.67 bits per heavy atom. The van der Waals surface area contributed by atoms with E-state index in [0.717, 1.165) is 22.7 Å². The van der Waals surface area contributed by atoms with Crippen LogP contribution in [0.2, 0.25) is 0 Å². The number of H-pyrrole nitrogens is 1. The van der Waals surface area contributed by atoms with E-state index < -0.39 is 0 Å². The summed E-state index contributed by atoms with van der Waals surface area (Å²) in [5, 5.41) is 0. The van der Waals surface area contributed by atoms with Gasteiger partial charge in [0.1, 0.15) is 5.69 Å². The third-order valence-electron chi connectivity index (χ3n) is 6.33. The van der Waals surface area contributed by atoms with Crippen molar-refractivity contribution in [2.75, 3.05) is 7.05 Å². The molecule has 1 unspecified atom stereocenters. The molecule has 5 rings (SSSR count). The molecule has 1 fully saturated rings. The number of fused-ring (bicyclic) bond motifs is 2. The summed E-state index contributed by atoms with van der Waals surface area (Å²) in [5.74, 6) is 1.58. The number of para-hydroxylation sites is 1. The van der Waals surface area contributed by atoms with Crippen molar-refractivity contribution in [3.05, 3.63) is 47.5 Å². The number of hydrogen-bond acceptors (Lipinski definition) is 2. The molecule has 1 atom stereocenters. The summed E-state index contributed by atoms with van der Waals surface area (Å²) in [7, 11) is 2.16. The Morgan fingerprint density at radius 1 is 1.04 bits per heavy atom. The summed E-state index contributed by atoms with van der Waals surface area (Å²) in [5.41, 5.74) is 7.16. The Kier molecular flexibility index (Phi) is 3.90. The number of nitrogens with zero attached hydrogens (tertiary/aromatic N) is 3. The van der Waals surface area contributed by atoms with Crippen molar-refractivity contribution in [1.29, 1.82) is 0 Å². The van der Waals surface area contributed by atoms with Gasteiger partial charge in [-0.2, -0.15) is 14.5 Å². The fourth-order valence-electron chi connectivity index (χ4n) is 4.72. The monoisotopic (exact) mass is 359 g/mol. The van der Waals surface area contributed by atoms with Gasteiger partial charge in [-0.3, -0.25) is 4.98 Å². The number of rotatable bonds is 2. The van der Waals surface area contributed by atoms with Gasteiger partial charge in [-0.25, -0.2) is 0 Å². The van der Waals surface area contributed by atoms with Crippen molar-refractivity contribution in [3.63, 3.8) is 0 Å². The van der Waals surface area contributed by atoms with Crippen LogP contribution in [0.1, 0.15) is 55.6 Å². The van der Waals surface area contributed by atoms with Crippen LogP contribution in [-0.2, 0) is 0 Å². The molecule has 3 aromatic rings. The number of imidazole rings is 1. The number of aromatic amines is 1. The van der Waals surface area contributed by atoms with Gasteiger partial charge in [-0.05, 0) is 48.9 Å². The topological polar surface area (TPSA) is 41.0 Å². The molecule has 138 valence electrons. The quantitative estimate of drug-likeness (QED) is 0.426. The first-order valence-electron chi connectivity index (χ1n) is 10.2. The summed E-state index contributed by atoms with van der Waals surface area (Å²) < 4.78 is 0.494. The predicted octanol–water partition coefficient (Wildman–Crippen LogP) is 6.25. The Bertz CT molecular complexity index is 1020. The van der Waals surface area contributed by atoms with Gasteiger partial charge >= 0.3 is 5.95 Å². The normalized spacial score (nSPS) is 22.9. The molecule has 1 aliphatic carbocycles. The second-order valence-corrected chi connectivity index (χ2v) is 8.30. The number of aliphatic imine (C=N–C) groups is 1. The molecular formula is C23H27N4+. The van der Waals surface area contributed by atoms with Crippen LogP contribution in [0.5, 0.6) is 0 Å². The van der Waals surface area contributed by atoms with E-state index in [-0.39, 0.29) is 0 Å². The molecule has 2 aromatic carbocycles. The van der Waals surface area contributed by atoms with Crippen molar-refractivity contribution in [2.24, 2.45) is 4.99 Å². The van der Waals surface area contributed by atoms with E-state index in [2.05, 4.69) is 60.3 Å². The number of hydrogen-bond donors (Lipinski definition) is 1. The molecule has 1 N–H and O–H groups in total. The van der Waals surface area contributed by atoms with Crippen molar-refractivity contribution >= 4 is 34.7 Å². The summed E-state index contributed by atoms with van der Waals surface area (Å²) in [4.78, 5) is 13.4. The molecule has 0 radical (unpaired) electrons. The van der Waals surface area contributed by atoms with Gasteiger partial charge in [-0.1, -0.05) is 43.9 Å². The second kappa shape index (κ2) is 6.31. The Labute approximate surface area is 160 Å². The van der Waals surface area contributed by atoms with Gasteiger partial charge in [0.2, 0.25) is 6.34 Å². The van der Waals surface area contributed by atoms with Gasteiger partial charge < -0.3 is 0 Å². The first kappa shape index (κ1) is 16.7. The van der Waals surface area contributed by atoms with Gasteiger partial charge in [-0.15, -0.1) is 0 Å². The Hall–Kier alpha value is -2.46. The highest BCUT2D eigenvalue weighted by atomic mass is 15.5. The highest BCUT2D eigenvalue weighted by Gasteiger charge is 2.37. The van der Waals surface area contributed by atoms with E-state index in [4.69, 9.17) is 4.98 Å². The summed E-state index contributed by atoms with van der Waals surface area (Å²) in [6.07, 6.45) is 10.00. The van der Waals surface area contributed by atoms with E-state index in [1.54, 1.807) is 0 Å². The number of aryl methyl sites for hydroxylation is 1. The maximum Gasteiger partial charge on any atom is 0.318 e. The standard InChI is InChI=1S/C23H27N4/c1-16-12-13-21-20(14-16)24-15-27(21,2)23-25-19-11-7-10-18(22(19)26-23)17-8-5-3-4-6-9-17/h7,10-15,17H,3-6,8-9H2,1-2H3,(H,25,26)/q+1. The third-order valence-corrected chi connectivity index (χ3v) is 6.33. The maximum absolute atomic E-state index is 5.12. The fourth-order valence-corrected chi connectivity index (χ4v) is 4.72. The van der Waals surface area contributed by atoms with Crippen LogP contribution in [0.15, 0.2) is 41.4 Å². The van der Waals surface area contributed by atoms with Gasteiger partial charge in [0.05, 0.1) is 18.1 Å². The highest BCUT2D eigenvalue weighted by molar-refractivity contribution is 5.94. The minimum Gasteiger partial charge on any atom is -0.291 e. The largest absolute Gasteiger partial charge is 0.318 e. The molecule has 4 heteroatoms. The summed E-state index contributed by atoms with van der Waals surface area (Å²) in [6.45, 7) is 2.11.